The predicted molar refractivity (Wildman–Crippen MR) is 96.6 cm³/mol. The zero-order valence-corrected chi connectivity index (χ0v) is 15.5. The Morgan fingerprint density at radius 3 is 2.71 bits per heavy atom. The highest BCUT2D eigenvalue weighted by Crippen LogP contribution is 2.46. The zero-order chi connectivity index (χ0) is 17.3. The third-order valence-electron chi connectivity index (χ3n) is 4.72. The topological polar surface area (TPSA) is 44.1 Å². The first-order chi connectivity index (χ1) is 11.2. The second-order valence-electron chi connectivity index (χ2n) is 8.22. The summed E-state index contributed by atoms with van der Waals surface area (Å²) in [5.74, 6) is 1.02. The SMILES string of the molecule is CC(C)(C)c1cc(-c2cn3c(n2)S(=O)C=C3)cc2c1OCC2(C)C. The van der Waals surface area contributed by atoms with E-state index in [1.54, 1.807) is 5.41 Å². The largest absolute Gasteiger partial charge is 0.492 e. The molecule has 5 heteroatoms. The van der Waals surface area contributed by atoms with E-state index in [1.807, 2.05) is 17.0 Å². The van der Waals surface area contributed by atoms with Crippen LogP contribution in [-0.4, -0.2) is 20.4 Å². The number of hydrogen-bond acceptors (Lipinski definition) is 3. The number of benzene rings is 1. The molecule has 1 aromatic carbocycles. The lowest BCUT2D eigenvalue weighted by atomic mass is 9.79. The Bertz CT molecular complexity index is 901. The van der Waals surface area contributed by atoms with E-state index in [-0.39, 0.29) is 10.8 Å². The van der Waals surface area contributed by atoms with Gasteiger partial charge in [-0.05, 0) is 17.5 Å². The molecule has 1 atom stereocenters. The molecule has 2 aromatic rings. The standard InChI is InChI=1S/C19H22N2O2S/c1-18(2,3)13-8-12(9-14-16(13)23-11-19(14,4)5)15-10-21-6-7-24(22)17(21)20-15/h6-10H,11H2,1-5H3. The molecule has 0 radical (unpaired) electrons. The van der Waals surface area contributed by atoms with Crippen LogP contribution in [0.2, 0.25) is 0 Å². The quantitative estimate of drug-likeness (QED) is 0.785. The van der Waals surface area contributed by atoms with E-state index in [4.69, 9.17) is 4.74 Å². The van der Waals surface area contributed by atoms with Crippen molar-refractivity contribution in [2.75, 3.05) is 6.61 Å². The molecule has 4 rings (SSSR count). The number of hydrogen-bond donors (Lipinski definition) is 0. The molecular weight excluding hydrogens is 320 g/mol. The van der Waals surface area contributed by atoms with Crippen LogP contribution in [0, 0.1) is 0 Å². The van der Waals surface area contributed by atoms with Gasteiger partial charge in [0.05, 0.1) is 12.3 Å². The average Bonchev–Trinajstić information content (AvgIpc) is 3.13. The number of aromatic nitrogens is 2. The molecule has 0 spiro atoms. The molecule has 0 bridgehead atoms. The van der Waals surface area contributed by atoms with Crippen molar-refractivity contribution in [1.82, 2.24) is 9.55 Å². The fourth-order valence-electron chi connectivity index (χ4n) is 3.28. The van der Waals surface area contributed by atoms with Gasteiger partial charge < -0.3 is 4.74 Å². The van der Waals surface area contributed by atoms with Gasteiger partial charge in [-0.15, -0.1) is 0 Å². The van der Waals surface area contributed by atoms with Crippen LogP contribution in [0.1, 0.15) is 45.7 Å². The molecule has 24 heavy (non-hydrogen) atoms. The summed E-state index contributed by atoms with van der Waals surface area (Å²) in [5, 5.41) is 2.25. The number of nitrogens with zero attached hydrogens (tertiary/aromatic N) is 2. The van der Waals surface area contributed by atoms with Crippen molar-refractivity contribution in [2.24, 2.45) is 0 Å². The van der Waals surface area contributed by atoms with Crippen LogP contribution in [0.3, 0.4) is 0 Å². The Morgan fingerprint density at radius 1 is 1.29 bits per heavy atom. The fraction of sp³-hybridized carbons (Fsp3) is 0.421. The molecule has 0 saturated carbocycles. The van der Waals surface area contributed by atoms with Crippen LogP contribution in [-0.2, 0) is 21.6 Å². The smallest absolute Gasteiger partial charge is 0.208 e. The van der Waals surface area contributed by atoms with E-state index < -0.39 is 10.8 Å². The lowest BCUT2D eigenvalue weighted by molar-refractivity contribution is 0.286. The van der Waals surface area contributed by atoms with Gasteiger partial charge in [-0.25, -0.2) is 9.19 Å². The summed E-state index contributed by atoms with van der Waals surface area (Å²) in [6.07, 6.45) is 3.76. The maximum Gasteiger partial charge on any atom is 0.208 e. The van der Waals surface area contributed by atoms with Gasteiger partial charge in [0, 0.05) is 39.9 Å². The number of fused-ring (bicyclic) bond motifs is 2. The average molecular weight is 342 g/mol. The van der Waals surface area contributed by atoms with Crippen LogP contribution < -0.4 is 4.74 Å². The molecule has 0 aliphatic carbocycles. The van der Waals surface area contributed by atoms with Crippen molar-refractivity contribution in [1.29, 1.82) is 0 Å². The van der Waals surface area contributed by atoms with E-state index in [0.29, 0.717) is 11.8 Å². The molecule has 3 heterocycles. The Kier molecular flexibility index (Phi) is 3.14. The number of rotatable bonds is 1. The Morgan fingerprint density at radius 2 is 2.04 bits per heavy atom. The maximum atomic E-state index is 11.9. The molecule has 2 aliphatic rings. The normalized spacial score (nSPS) is 20.8. The van der Waals surface area contributed by atoms with Gasteiger partial charge in [0.15, 0.2) is 0 Å². The van der Waals surface area contributed by atoms with Crippen LogP contribution in [0.4, 0.5) is 0 Å². The molecule has 0 N–H and O–H groups in total. The molecule has 1 unspecified atom stereocenters. The summed E-state index contributed by atoms with van der Waals surface area (Å²) in [5.41, 5.74) is 4.31. The minimum Gasteiger partial charge on any atom is -0.492 e. The van der Waals surface area contributed by atoms with Crippen molar-refractivity contribution in [3.8, 4) is 17.0 Å². The minimum atomic E-state index is -1.14. The summed E-state index contributed by atoms with van der Waals surface area (Å²) in [7, 11) is -1.14. The van der Waals surface area contributed by atoms with Gasteiger partial charge >= 0.3 is 0 Å². The first-order valence-electron chi connectivity index (χ1n) is 8.17. The van der Waals surface area contributed by atoms with Gasteiger partial charge in [0.1, 0.15) is 16.5 Å². The molecule has 1 aromatic heterocycles. The second-order valence-corrected chi connectivity index (χ2v) is 9.45. The summed E-state index contributed by atoms with van der Waals surface area (Å²) in [4.78, 5) is 4.60. The van der Waals surface area contributed by atoms with Crippen molar-refractivity contribution in [3.05, 3.63) is 34.9 Å². The van der Waals surface area contributed by atoms with E-state index in [9.17, 15) is 4.21 Å². The third-order valence-corrected chi connectivity index (χ3v) is 5.75. The number of imidazole rings is 1. The van der Waals surface area contributed by atoms with Gasteiger partial charge in [-0.3, -0.25) is 4.57 Å². The molecule has 4 nitrogen and oxygen atoms in total. The minimum absolute atomic E-state index is 0.0173. The van der Waals surface area contributed by atoms with E-state index in [1.165, 1.54) is 11.1 Å². The van der Waals surface area contributed by atoms with Gasteiger partial charge in [0.25, 0.3) is 0 Å². The third kappa shape index (κ3) is 2.25. The summed E-state index contributed by atoms with van der Waals surface area (Å²) >= 11 is 0. The summed E-state index contributed by atoms with van der Waals surface area (Å²) < 4.78 is 19.8. The molecule has 126 valence electrons. The molecule has 2 aliphatic heterocycles. The first kappa shape index (κ1) is 15.6. The molecule has 0 fully saturated rings. The highest BCUT2D eigenvalue weighted by Gasteiger charge is 2.36. The van der Waals surface area contributed by atoms with Crippen LogP contribution >= 0.6 is 0 Å². The van der Waals surface area contributed by atoms with E-state index in [2.05, 4.69) is 51.7 Å². The monoisotopic (exact) mass is 342 g/mol. The Labute approximate surface area is 145 Å². The van der Waals surface area contributed by atoms with Crippen molar-refractivity contribution >= 4 is 17.0 Å². The highest BCUT2D eigenvalue weighted by molar-refractivity contribution is 7.88. The zero-order valence-electron chi connectivity index (χ0n) is 14.7. The lowest BCUT2D eigenvalue weighted by Gasteiger charge is -2.24. The molecule has 0 amide bonds. The highest BCUT2D eigenvalue weighted by atomic mass is 32.2. The van der Waals surface area contributed by atoms with E-state index >= 15 is 0 Å². The first-order valence-corrected chi connectivity index (χ1v) is 9.38. The van der Waals surface area contributed by atoms with Gasteiger partial charge in [0.2, 0.25) is 5.16 Å². The Hall–Kier alpha value is -1.88. The summed E-state index contributed by atoms with van der Waals surface area (Å²) in [6.45, 7) is 11.7. The number of ether oxygens (including phenoxy) is 1. The predicted octanol–water partition coefficient (Wildman–Crippen LogP) is 4.07. The maximum absolute atomic E-state index is 11.9. The van der Waals surface area contributed by atoms with E-state index in [0.717, 1.165) is 17.0 Å². The van der Waals surface area contributed by atoms with Crippen molar-refractivity contribution in [2.45, 2.75) is 50.6 Å². The van der Waals surface area contributed by atoms with Crippen molar-refractivity contribution < 1.29 is 8.95 Å². The Balaban J connectivity index is 1.93. The summed E-state index contributed by atoms with van der Waals surface area (Å²) in [6, 6.07) is 4.35. The fourth-order valence-corrected chi connectivity index (χ4v) is 4.15. The lowest BCUT2D eigenvalue weighted by Crippen LogP contribution is -2.18. The second kappa shape index (κ2) is 4.82. The van der Waals surface area contributed by atoms with Crippen molar-refractivity contribution in [3.63, 3.8) is 0 Å². The van der Waals surface area contributed by atoms with Gasteiger partial charge in [-0.2, -0.15) is 0 Å². The molecule has 0 saturated heterocycles. The van der Waals surface area contributed by atoms with Crippen LogP contribution in [0.5, 0.6) is 5.75 Å². The van der Waals surface area contributed by atoms with Crippen LogP contribution in [0.15, 0.2) is 28.9 Å². The van der Waals surface area contributed by atoms with Crippen LogP contribution in [0.25, 0.3) is 17.5 Å². The molecular formula is C19H22N2O2S. The van der Waals surface area contributed by atoms with Gasteiger partial charge in [-0.1, -0.05) is 34.6 Å².